The van der Waals surface area contributed by atoms with Crippen molar-refractivity contribution in [1.29, 1.82) is 0 Å². The van der Waals surface area contributed by atoms with E-state index in [0.717, 1.165) is 5.56 Å². The fraction of sp³-hybridized carbons (Fsp3) is 0.211. The van der Waals surface area contributed by atoms with Crippen LogP contribution in [0.15, 0.2) is 57.7 Å². The number of fused-ring (bicyclic) bond motifs is 1. The predicted octanol–water partition coefficient (Wildman–Crippen LogP) is 3.43. The number of halogens is 1. The predicted molar refractivity (Wildman–Crippen MR) is 96.5 cm³/mol. The molecule has 3 aromatic rings. The van der Waals surface area contributed by atoms with E-state index < -0.39 is 5.63 Å². The molecule has 2 aromatic carbocycles. The molecular formula is C19H17ClN2O3. The van der Waals surface area contributed by atoms with E-state index >= 15 is 0 Å². The van der Waals surface area contributed by atoms with Gasteiger partial charge in [-0.05, 0) is 29.8 Å². The molecule has 0 radical (unpaired) electrons. The first-order valence-electron chi connectivity index (χ1n) is 7.90. The quantitative estimate of drug-likeness (QED) is 0.702. The van der Waals surface area contributed by atoms with E-state index in [0.29, 0.717) is 22.7 Å². The molecule has 0 saturated carbocycles. The minimum atomic E-state index is -0.494. The molecule has 0 aliphatic carbocycles. The van der Waals surface area contributed by atoms with Crippen LogP contribution in [-0.2, 0) is 17.8 Å². The average Bonchev–Trinajstić information content (AvgIpc) is 2.61. The minimum absolute atomic E-state index is 0.0655. The van der Waals surface area contributed by atoms with Gasteiger partial charge >= 0.3 is 5.63 Å². The van der Waals surface area contributed by atoms with Gasteiger partial charge in [-0.1, -0.05) is 35.9 Å². The Bertz CT molecular complexity index is 951. The molecule has 1 amide bonds. The standard InChI is InChI=1S/C19H17ClN2O3/c1-22(12-13-6-8-14(20)9-7-13)18(23)11-10-16-19(24)25-17-5-3-2-4-15(17)21-16/h2-9H,10-12H2,1H3. The first-order valence-corrected chi connectivity index (χ1v) is 8.28. The van der Waals surface area contributed by atoms with Crippen molar-refractivity contribution in [2.75, 3.05) is 7.05 Å². The monoisotopic (exact) mass is 356 g/mol. The van der Waals surface area contributed by atoms with E-state index in [2.05, 4.69) is 4.98 Å². The molecular weight excluding hydrogens is 340 g/mol. The van der Waals surface area contributed by atoms with Crippen molar-refractivity contribution in [3.63, 3.8) is 0 Å². The van der Waals surface area contributed by atoms with Crippen LogP contribution in [-0.4, -0.2) is 22.8 Å². The van der Waals surface area contributed by atoms with Gasteiger partial charge in [0.05, 0.1) is 0 Å². The Morgan fingerprint density at radius 2 is 1.88 bits per heavy atom. The van der Waals surface area contributed by atoms with Crippen LogP contribution >= 0.6 is 11.6 Å². The van der Waals surface area contributed by atoms with Crippen LogP contribution in [0.4, 0.5) is 0 Å². The largest absolute Gasteiger partial charge is 0.420 e. The number of benzene rings is 2. The first-order chi connectivity index (χ1) is 12.0. The normalized spacial score (nSPS) is 10.8. The highest BCUT2D eigenvalue weighted by molar-refractivity contribution is 6.30. The number of carbonyl (C=O) groups excluding carboxylic acids is 1. The lowest BCUT2D eigenvalue weighted by atomic mass is 10.2. The van der Waals surface area contributed by atoms with Gasteiger partial charge in [0.2, 0.25) is 5.91 Å². The topological polar surface area (TPSA) is 63.4 Å². The molecule has 0 aliphatic heterocycles. The zero-order chi connectivity index (χ0) is 17.8. The van der Waals surface area contributed by atoms with Crippen molar-refractivity contribution < 1.29 is 9.21 Å². The number of para-hydroxylation sites is 2. The number of carbonyl (C=O) groups is 1. The zero-order valence-electron chi connectivity index (χ0n) is 13.7. The van der Waals surface area contributed by atoms with Crippen molar-refractivity contribution in [1.82, 2.24) is 9.88 Å². The number of amides is 1. The van der Waals surface area contributed by atoms with E-state index in [9.17, 15) is 9.59 Å². The molecule has 0 saturated heterocycles. The molecule has 0 aliphatic rings. The Labute approximate surface area is 149 Å². The Morgan fingerprint density at radius 1 is 1.16 bits per heavy atom. The van der Waals surface area contributed by atoms with Crippen LogP contribution in [0.25, 0.3) is 11.1 Å². The number of rotatable bonds is 5. The van der Waals surface area contributed by atoms with Gasteiger partial charge in [-0.25, -0.2) is 9.78 Å². The van der Waals surface area contributed by atoms with Gasteiger partial charge in [-0.15, -0.1) is 0 Å². The Balaban J connectivity index is 1.64. The van der Waals surface area contributed by atoms with Crippen LogP contribution in [0.5, 0.6) is 0 Å². The van der Waals surface area contributed by atoms with Crippen LogP contribution in [0.2, 0.25) is 5.02 Å². The van der Waals surface area contributed by atoms with E-state index in [1.807, 2.05) is 18.2 Å². The van der Waals surface area contributed by atoms with E-state index in [1.165, 1.54) is 0 Å². The SMILES string of the molecule is CN(Cc1ccc(Cl)cc1)C(=O)CCc1nc2ccccc2oc1=O. The van der Waals surface area contributed by atoms with Gasteiger partial charge in [0.25, 0.3) is 0 Å². The van der Waals surface area contributed by atoms with Crippen molar-refractivity contribution in [3.8, 4) is 0 Å². The molecule has 0 bridgehead atoms. The van der Waals surface area contributed by atoms with Crippen molar-refractivity contribution >= 4 is 28.6 Å². The fourth-order valence-corrected chi connectivity index (χ4v) is 2.64. The van der Waals surface area contributed by atoms with Crippen molar-refractivity contribution in [2.45, 2.75) is 19.4 Å². The van der Waals surface area contributed by atoms with E-state index in [1.54, 1.807) is 42.3 Å². The van der Waals surface area contributed by atoms with Crippen molar-refractivity contribution in [2.24, 2.45) is 0 Å². The summed E-state index contributed by atoms with van der Waals surface area (Å²) in [5.41, 5.74) is 1.82. The molecule has 1 heterocycles. The number of hydrogen-bond acceptors (Lipinski definition) is 4. The Kier molecular flexibility index (Phi) is 5.14. The molecule has 0 unspecified atom stereocenters. The summed E-state index contributed by atoms with van der Waals surface area (Å²) in [4.78, 5) is 30.2. The van der Waals surface area contributed by atoms with Gasteiger partial charge in [0.15, 0.2) is 5.58 Å². The van der Waals surface area contributed by atoms with Gasteiger partial charge in [-0.2, -0.15) is 0 Å². The molecule has 0 atom stereocenters. The molecule has 0 fully saturated rings. The molecule has 3 rings (SSSR count). The number of aryl methyl sites for hydroxylation is 1. The third kappa shape index (κ3) is 4.25. The summed E-state index contributed by atoms with van der Waals surface area (Å²) in [5.74, 6) is -0.0655. The number of nitrogens with zero attached hydrogens (tertiary/aromatic N) is 2. The molecule has 6 heteroatoms. The number of hydrogen-bond donors (Lipinski definition) is 0. The Morgan fingerprint density at radius 3 is 2.64 bits per heavy atom. The fourth-order valence-electron chi connectivity index (χ4n) is 2.51. The first kappa shape index (κ1) is 17.2. The highest BCUT2D eigenvalue weighted by atomic mass is 35.5. The molecule has 5 nitrogen and oxygen atoms in total. The zero-order valence-corrected chi connectivity index (χ0v) is 14.5. The molecule has 0 spiro atoms. The second kappa shape index (κ2) is 7.49. The summed E-state index contributed by atoms with van der Waals surface area (Å²) in [5, 5.41) is 0.659. The highest BCUT2D eigenvalue weighted by Crippen LogP contribution is 2.12. The summed E-state index contributed by atoms with van der Waals surface area (Å²) in [6.45, 7) is 0.482. The molecule has 25 heavy (non-hydrogen) atoms. The summed E-state index contributed by atoms with van der Waals surface area (Å²) < 4.78 is 5.24. The smallest absolute Gasteiger partial charge is 0.358 e. The second-order valence-electron chi connectivity index (χ2n) is 5.79. The van der Waals surface area contributed by atoms with E-state index in [4.69, 9.17) is 16.0 Å². The highest BCUT2D eigenvalue weighted by Gasteiger charge is 2.13. The third-order valence-electron chi connectivity index (χ3n) is 3.89. The molecule has 1 aromatic heterocycles. The van der Waals surface area contributed by atoms with Gasteiger partial charge < -0.3 is 9.32 Å². The van der Waals surface area contributed by atoms with Crippen LogP contribution in [0, 0.1) is 0 Å². The van der Waals surface area contributed by atoms with Gasteiger partial charge in [0, 0.05) is 31.5 Å². The van der Waals surface area contributed by atoms with E-state index in [-0.39, 0.29) is 24.4 Å². The molecule has 0 N–H and O–H groups in total. The average molecular weight is 357 g/mol. The lowest BCUT2D eigenvalue weighted by Gasteiger charge is -2.17. The number of aromatic nitrogens is 1. The second-order valence-corrected chi connectivity index (χ2v) is 6.23. The van der Waals surface area contributed by atoms with Crippen LogP contribution < -0.4 is 5.63 Å². The summed E-state index contributed by atoms with van der Waals surface area (Å²) in [6.07, 6.45) is 0.442. The maximum atomic E-state index is 12.3. The summed E-state index contributed by atoms with van der Waals surface area (Å²) >= 11 is 5.86. The summed E-state index contributed by atoms with van der Waals surface area (Å²) in [7, 11) is 1.73. The summed E-state index contributed by atoms with van der Waals surface area (Å²) in [6, 6.07) is 14.4. The van der Waals surface area contributed by atoms with Crippen LogP contribution in [0.3, 0.4) is 0 Å². The maximum Gasteiger partial charge on any atom is 0.358 e. The maximum absolute atomic E-state index is 12.3. The Hall–Kier alpha value is -2.66. The van der Waals surface area contributed by atoms with Crippen molar-refractivity contribution in [3.05, 3.63) is 75.2 Å². The minimum Gasteiger partial charge on any atom is -0.420 e. The third-order valence-corrected chi connectivity index (χ3v) is 4.15. The molecule has 128 valence electrons. The lowest BCUT2D eigenvalue weighted by molar-refractivity contribution is -0.130. The van der Waals surface area contributed by atoms with Gasteiger partial charge in [-0.3, -0.25) is 4.79 Å². The van der Waals surface area contributed by atoms with Crippen LogP contribution in [0.1, 0.15) is 17.7 Å². The van der Waals surface area contributed by atoms with Gasteiger partial charge in [0.1, 0.15) is 11.2 Å². The lowest BCUT2D eigenvalue weighted by Crippen LogP contribution is -2.27.